The van der Waals surface area contributed by atoms with E-state index in [9.17, 15) is 9.90 Å². The van der Waals surface area contributed by atoms with Crippen LogP contribution in [0.2, 0.25) is 0 Å². The van der Waals surface area contributed by atoms with Gasteiger partial charge in [-0.15, -0.1) is 0 Å². The first-order valence-corrected chi connectivity index (χ1v) is 13.4. The van der Waals surface area contributed by atoms with Crippen LogP contribution in [-0.4, -0.2) is 19.3 Å². The molecular formula is C30H42O5. The van der Waals surface area contributed by atoms with Crippen LogP contribution in [0.25, 0.3) is 21.9 Å². The molecular weight excluding hydrogens is 440 g/mol. The third kappa shape index (κ3) is 7.39. The van der Waals surface area contributed by atoms with Crippen molar-refractivity contribution >= 4 is 21.9 Å². The molecule has 0 spiro atoms. The number of hydrogen-bond donors (Lipinski definition) is 1. The highest BCUT2D eigenvalue weighted by Crippen LogP contribution is 2.34. The minimum Gasteiger partial charge on any atom is -0.507 e. The van der Waals surface area contributed by atoms with Crippen molar-refractivity contribution in [1.82, 2.24) is 0 Å². The Kier molecular flexibility index (Phi) is 10.8. The number of unbranched alkanes of at least 4 members (excludes halogenated alkanes) is 12. The summed E-state index contributed by atoms with van der Waals surface area (Å²) in [6.07, 6.45) is 18.0. The van der Waals surface area contributed by atoms with E-state index in [1.165, 1.54) is 84.2 Å². The van der Waals surface area contributed by atoms with E-state index in [0.29, 0.717) is 28.1 Å². The normalized spacial score (nSPS) is 11.4. The molecule has 0 unspecified atom stereocenters. The topological polar surface area (TPSA) is 68.9 Å². The molecule has 5 heteroatoms. The Bertz CT molecular complexity index is 1130. The summed E-state index contributed by atoms with van der Waals surface area (Å²) < 4.78 is 16.7. The van der Waals surface area contributed by atoms with Gasteiger partial charge in [0.25, 0.3) is 0 Å². The summed E-state index contributed by atoms with van der Waals surface area (Å²) in [5.41, 5.74) is 1.53. The second-order valence-electron chi connectivity index (χ2n) is 9.62. The minimum absolute atomic E-state index is 0.0300. The molecule has 3 rings (SSSR count). The first kappa shape index (κ1) is 26.9. The van der Waals surface area contributed by atoms with Gasteiger partial charge in [-0.05, 0) is 36.6 Å². The van der Waals surface area contributed by atoms with E-state index >= 15 is 0 Å². The third-order valence-corrected chi connectivity index (χ3v) is 6.89. The standard InChI is InChI=1S/C30H42O5/c1-4-5-6-7-8-9-10-11-12-13-14-15-16-17-22-18-24(31)29-28(19-22)35-25-21-27(34-3)26(33-2)20-23(25)30(29)32/h18-21,31H,4-17H2,1-3H3. The van der Waals surface area contributed by atoms with Crippen LogP contribution in [0.3, 0.4) is 0 Å². The van der Waals surface area contributed by atoms with Gasteiger partial charge < -0.3 is 19.0 Å². The van der Waals surface area contributed by atoms with E-state index in [-0.39, 0.29) is 16.6 Å². The van der Waals surface area contributed by atoms with Crippen molar-refractivity contribution in [2.24, 2.45) is 0 Å². The van der Waals surface area contributed by atoms with Crippen molar-refractivity contribution in [2.75, 3.05) is 14.2 Å². The van der Waals surface area contributed by atoms with Crippen LogP contribution in [-0.2, 0) is 6.42 Å². The minimum atomic E-state index is -0.271. The lowest BCUT2D eigenvalue weighted by molar-refractivity contribution is 0.355. The molecule has 3 aromatic rings. The summed E-state index contributed by atoms with van der Waals surface area (Å²) in [4.78, 5) is 13.1. The smallest absolute Gasteiger partial charge is 0.204 e. The lowest BCUT2D eigenvalue weighted by Crippen LogP contribution is -2.04. The fourth-order valence-electron chi connectivity index (χ4n) is 4.83. The number of aryl methyl sites for hydroxylation is 1. The lowest BCUT2D eigenvalue weighted by atomic mass is 10.0. The Hall–Kier alpha value is -2.69. The summed E-state index contributed by atoms with van der Waals surface area (Å²) in [5.74, 6) is 0.914. The van der Waals surface area contributed by atoms with Gasteiger partial charge in [0.15, 0.2) is 11.5 Å². The van der Waals surface area contributed by atoms with Crippen LogP contribution >= 0.6 is 0 Å². The van der Waals surface area contributed by atoms with Crippen LogP contribution < -0.4 is 14.9 Å². The van der Waals surface area contributed by atoms with Crippen molar-refractivity contribution in [3.8, 4) is 17.2 Å². The summed E-state index contributed by atoms with van der Waals surface area (Å²) in [6, 6.07) is 6.84. The highest BCUT2D eigenvalue weighted by molar-refractivity contribution is 5.94. The summed E-state index contributed by atoms with van der Waals surface area (Å²) >= 11 is 0. The Labute approximate surface area is 209 Å². The molecule has 192 valence electrons. The molecule has 0 bridgehead atoms. The number of phenols is 1. The molecule has 0 radical (unpaired) electrons. The Morgan fingerprint density at radius 3 is 1.83 bits per heavy atom. The Morgan fingerprint density at radius 2 is 1.26 bits per heavy atom. The molecule has 1 N–H and O–H groups in total. The van der Waals surface area contributed by atoms with E-state index in [1.807, 2.05) is 6.07 Å². The molecule has 5 nitrogen and oxygen atoms in total. The summed E-state index contributed by atoms with van der Waals surface area (Å²) in [5, 5.41) is 11.2. The average Bonchev–Trinajstić information content (AvgIpc) is 2.85. The van der Waals surface area contributed by atoms with Crippen LogP contribution in [0.15, 0.2) is 33.5 Å². The van der Waals surface area contributed by atoms with E-state index in [0.717, 1.165) is 18.4 Å². The highest BCUT2D eigenvalue weighted by Gasteiger charge is 2.16. The quantitative estimate of drug-likeness (QED) is 0.164. The zero-order chi connectivity index (χ0) is 25.0. The molecule has 1 aromatic heterocycles. The summed E-state index contributed by atoms with van der Waals surface area (Å²) in [6.45, 7) is 2.27. The van der Waals surface area contributed by atoms with Crippen molar-refractivity contribution in [2.45, 2.75) is 96.8 Å². The molecule has 35 heavy (non-hydrogen) atoms. The van der Waals surface area contributed by atoms with Gasteiger partial charge in [0.1, 0.15) is 22.3 Å². The Balaban J connectivity index is 1.50. The zero-order valence-electron chi connectivity index (χ0n) is 21.8. The largest absolute Gasteiger partial charge is 0.507 e. The second kappa shape index (κ2) is 14.0. The van der Waals surface area contributed by atoms with Gasteiger partial charge in [-0.1, -0.05) is 84.0 Å². The molecule has 0 fully saturated rings. The molecule has 2 aromatic carbocycles. The maximum absolute atomic E-state index is 13.1. The van der Waals surface area contributed by atoms with Gasteiger partial charge in [0.2, 0.25) is 5.43 Å². The van der Waals surface area contributed by atoms with E-state index in [4.69, 9.17) is 13.9 Å². The number of benzene rings is 2. The number of aromatic hydroxyl groups is 1. The van der Waals surface area contributed by atoms with Crippen LogP contribution in [0.5, 0.6) is 17.2 Å². The highest BCUT2D eigenvalue weighted by atomic mass is 16.5. The summed E-state index contributed by atoms with van der Waals surface area (Å²) in [7, 11) is 3.06. The third-order valence-electron chi connectivity index (χ3n) is 6.89. The second-order valence-corrected chi connectivity index (χ2v) is 9.62. The fraction of sp³-hybridized carbons (Fsp3) is 0.567. The predicted molar refractivity (Wildman–Crippen MR) is 144 cm³/mol. The maximum Gasteiger partial charge on any atom is 0.204 e. The molecule has 0 saturated carbocycles. The molecule has 0 saturated heterocycles. The fourth-order valence-corrected chi connectivity index (χ4v) is 4.83. The van der Waals surface area contributed by atoms with Crippen molar-refractivity contribution in [3.05, 3.63) is 40.1 Å². The number of phenolic OH excluding ortho intramolecular Hbond substituents is 1. The maximum atomic E-state index is 13.1. The van der Waals surface area contributed by atoms with Crippen molar-refractivity contribution in [3.63, 3.8) is 0 Å². The van der Waals surface area contributed by atoms with Crippen LogP contribution in [0.1, 0.15) is 96.0 Å². The molecule has 0 amide bonds. The van der Waals surface area contributed by atoms with E-state index < -0.39 is 0 Å². The van der Waals surface area contributed by atoms with Gasteiger partial charge in [-0.2, -0.15) is 0 Å². The molecule has 0 atom stereocenters. The van der Waals surface area contributed by atoms with Gasteiger partial charge in [-0.3, -0.25) is 4.79 Å². The molecule has 0 aliphatic heterocycles. The predicted octanol–water partition coefficient (Wildman–Crippen LogP) is 8.30. The van der Waals surface area contributed by atoms with E-state index in [1.54, 1.807) is 25.3 Å². The van der Waals surface area contributed by atoms with Gasteiger partial charge in [0.05, 0.1) is 19.6 Å². The van der Waals surface area contributed by atoms with Crippen molar-refractivity contribution < 1.29 is 19.0 Å². The SMILES string of the molecule is CCCCCCCCCCCCCCCc1cc(O)c2c(=O)c3cc(OC)c(OC)cc3oc2c1. The van der Waals surface area contributed by atoms with Gasteiger partial charge in [0, 0.05) is 6.07 Å². The number of hydrogen-bond acceptors (Lipinski definition) is 5. The van der Waals surface area contributed by atoms with Crippen LogP contribution in [0.4, 0.5) is 0 Å². The van der Waals surface area contributed by atoms with Crippen molar-refractivity contribution in [1.29, 1.82) is 0 Å². The first-order chi connectivity index (χ1) is 17.1. The molecule has 0 aliphatic carbocycles. The molecule has 0 aliphatic rings. The number of rotatable bonds is 16. The monoisotopic (exact) mass is 482 g/mol. The van der Waals surface area contributed by atoms with Crippen LogP contribution in [0, 0.1) is 0 Å². The average molecular weight is 483 g/mol. The van der Waals surface area contributed by atoms with E-state index in [2.05, 4.69) is 6.92 Å². The lowest BCUT2D eigenvalue weighted by Gasteiger charge is -2.10. The number of methoxy groups -OCH3 is 2. The number of fused-ring (bicyclic) bond motifs is 2. The molecule has 1 heterocycles. The first-order valence-electron chi connectivity index (χ1n) is 13.4. The van der Waals surface area contributed by atoms with Gasteiger partial charge in [-0.25, -0.2) is 0 Å². The number of ether oxygens (including phenoxy) is 2. The zero-order valence-corrected chi connectivity index (χ0v) is 21.8. The Morgan fingerprint density at radius 1 is 0.714 bits per heavy atom. The van der Waals surface area contributed by atoms with Gasteiger partial charge >= 0.3 is 0 Å².